The Morgan fingerprint density at radius 1 is 1.43 bits per heavy atom. The summed E-state index contributed by atoms with van der Waals surface area (Å²) in [5.74, 6) is -1.86. The molecule has 78 valence electrons. The topological polar surface area (TPSA) is 29.5 Å². The van der Waals surface area contributed by atoms with Crippen LogP contribution in [-0.2, 0) is 0 Å². The molecule has 0 saturated carbocycles. The maximum Gasteiger partial charge on any atom is 0.165 e. The maximum absolute atomic E-state index is 13.2. The molecule has 0 heterocycles. The van der Waals surface area contributed by atoms with Crippen LogP contribution in [0.25, 0.3) is 0 Å². The van der Waals surface area contributed by atoms with Crippen LogP contribution < -0.4 is 4.74 Å². The molecule has 0 aliphatic carbocycles. The van der Waals surface area contributed by atoms with E-state index < -0.39 is 17.7 Å². The standard InChI is InChI=1S/C9H9ClF2O2/c1-14-9-3-6(11)5(2-7(9)12)8(13)4-10/h2-3,8,13H,4H2,1H3. The maximum atomic E-state index is 13.2. The van der Waals surface area contributed by atoms with Crippen LogP contribution in [-0.4, -0.2) is 18.1 Å². The number of alkyl halides is 1. The minimum atomic E-state index is -1.21. The molecule has 0 aliphatic rings. The van der Waals surface area contributed by atoms with Crippen molar-refractivity contribution in [1.82, 2.24) is 0 Å². The Balaban J connectivity index is 3.14. The molecule has 1 atom stereocenters. The summed E-state index contributed by atoms with van der Waals surface area (Å²) in [5.41, 5.74) is -0.168. The van der Waals surface area contributed by atoms with E-state index in [2.05, 4.69) is 4.74 Å². The minimum Gasteiger partial charge on any atom is -0.494 e. The average molecular weight is 223 g/mol. The van der Waals surface area contributed by atoms with E-state index in [9.17, 15) is 13.9 Å². The zero-order valence-corrected chi connectivity index (χ0v) is 8.18. The first-order valence-corrected chi connectivity index (χ1v) is 4.40. The second kappa shape index (κ2) is 4.57. The van der Waals surface area contributed by atoms with Crippen molar-refractivity contribution in [2.24, 2.45) is 0 Å². The summed E-state index contributed by atoms with van der Waals surface area (Å²) in [5, 5.41) is 9.22. The lowest BCUT2D eigenvalue weighted by atomic mass is 10.1. The second-order valence-corrected chi connectivity index (χ2v) is 2.99. The van der Waals surface area contributed by atoms with Crippen LogP contribution in [0.5, 0.6) is 5.75 Å². The summed E-state index contributed by atoms with van der Waals surface area (Å²) >= 11 is 5.31. The summed E-state index contributed by atoms with van der Waals surface area (Å²) in [4.78, 5) is 0. The Kier molecular flexibility index (Phi) is 3.66. The van der Waals surface area contributed by atoms with Crippen LogP contribution in [0.3, 0.4) is 0 Å². The van der Waals surface area contributed by atoms with Gasteiger partial charge in [-0.15, -0.1) is 11.6 Å². The molecule has 1 rings (SSSR count). The van der Waals surface area contributed by atoms with Gasteiger partial charge in [-0.2, -0.15) is 0 Å². The highest BCUT2D eigenvalue weighted by atomic mass is 35.5. The Morgan fingerprint density at radius 3 is 2.57 bits per heavy atom. The molecule has 0 radical (unpaired) electrons. The van der Waals surface area contributed by atoms with Gasteiger partial charge in [-0.3, -0.25) is 0 Å². The zero-order chi connectivity index (χ0) is 10.7. The van der Waals surface area contributed by atoms with Crippen LogP contribution in [0.2, 0.25) is 0 Å². The third-order valence-electron chi connectivity index (χ3n) is 1.78. The van der Waals surface area contributed by atoms with Gasteiger partial charge in [0, 0.05) is 11.6 Å². The fourth-order valence-corrected chi connectivity index (χ4v) is 1.21. The van der Waals surface area contributed by atoms with Gasteiger partial charge in [0.1, 0.15) is 5.82 Å². The van der Waals surface area contributed by atoms with Crippen LogP contribution in [0.1, 0.15) is 11.7 Å². The van der Waals surface area contributed by atoms with E-state index in [1.807, 2.05) is 0 Å². The van der Waals surface area contributed by atoms with Gasteiger partial charge in [-0.1, -0.05) is 0 Å². The Morgan fingerprint density at radius 2 is 2.07 bits per heavy atom. The molecule has 0 amide bonds. The predicted molar refractivity (Wildman–Crippen MR) is 48.6 cm³/mol. The van der Waals surface area contributed by atoms with E-state index in [0.717, 1.165) is 12.1 Å². The van der Waals surface area contributed by atoms with Crippen molar-refractivity contribution in [3.8, 4) is 5.75 Å². The Hall–Kier alpha value is -0.870. The number of methoxy groups -OCH3 is 1. The number of hydrogen-bond donors (Lipinski definition) is 1. The number of halogens is 3. The molecule has 0 bridgehead atoms. The van der Waals surface area contributed by atoms with Crippen LogP contribution >= 0.6 is 11.6 Å². The highest BCUT2D eigenvalue weighted by Crippen LogP contribution is 2.25. The van der Waals surface area contributed by atoms with Crippen LogP contribution in [0, 0.1) is 11.6 Å². The van der Waals surface area contributed by atoms with Gasteiger partial charge in [0.05, 0.1) is 19.1 Å². The predicted octanol–water partition coefficient (Wildman–Crippen LogP) is 2.25. The van der Waals surface area contributed by atoms with Gasteiger partial charge in [0.15, 0.2) is 11.6 Å². The van der Waals surface area contributed by atoms with Gasteiger partial charge in [0.25, 0.3) is 0 Å². The number of aliphatic hydroxyl groups excluding tert-OH is 1. The van der Waals surface area contributed by atoms with Gasteiger partial charge in [-0.05, 0) is 6.07 Å². The number of rotatable bonds is 3. The molecule has 1 unspecified atom stereocenters. The summed E-state index contributed by atoms with van der Waals surface area (Å²) in [7, 11) is 1.23. The van der Waals surface area contributed by atoms with Gasteiger partial charge < -0.3 is 9.84 Å². The van der Waals surface area contributed by atoms with Gasteiger partial charge in [0.2, 0.25) is 0 Å². The first-order chi connectivity index (χ1) is 6.60. The zero-order valence-electron chi connectivity index (χ0n) is 7.43. The lowest BCUT2D eigenvalue weighted by Crippen LogP contribution is -2.03. The van der Waals surface area contributed by atoms with Crippen molar-refractivity contribution >= 4 is 11.6 Å². The lowest BCUT2D eigenvalue weighted by Gasteiger charge is -2.10. The van der Waals surface area contributed by atoms with Crippen LogP contribution in [0.15, 0.2) is 12.1 Å². The largest absolute Gasteiger partial charge is 0.494 e. The lowest BCUT2D eigenvalue weighted by molar-refractivity contribution is 0.196. The molecule has 0 fully saturated rings. The average Bonchev–Trinajstić information content (AvgIpc) is 2.19. The molecule has 1 N–H and O–H groups in total. The van der Waals surface area contributed by atoms with E-state index in [1.54, 1.807) is 0 Å². The first kappa shape index (κ1) is 11.2. The monoisotopic (exact) mass is 222 g/mol. The van der Waals surface area contributed by atoms with Crippen molar-refractivity contribution in [3.63, 3.8) is 0 Å². The fraction of sp³-hybridized carbons (Fsp3) is 0.333. The molecule has 2 nitrogen and oxygen atoms in total. The number of benzene rings is 1. The van der Waals surface area contributed by atoms with Crippen molar-refractivity contribution in [2.75, 3.05) is 13.0 Å². The molecular weight excluding hydrogens is 214 g/mol. The third kappa shape index (κ3) is 2.13. The van der Waals surface area contributed by atoms with Crippen molar-refractivity contribution in [1.29, 1.82) is 0 Å². The smallest absolute Gasteiger partial charge is 0.165 e. The minimum absolute atomic E-state index is 0.168. The molecular formula is C9H9ClF2O2. The molecule has 1 aromatic rings. The molecule has 0 saturated heterocycles. The molecule has 0 spiro atoms. The summed E-state index contributed by atoms with van der Waals surface area (Å²) in [6.07, 6.45) is -1.21. The highest BCUT2D eigenvalue weighted by molar-refractivity contribution is 6.18. The Labute approximate surface area is 85.1 Å². The summed E-state index contributed by atoms with van der Waals surface area (Å²) < 4.78 is 30.8. The quantitative estimate of drug-likeness (QED) is 0.795. The SMILES string of the molecule is COc1cc(F)c(C(O)CCl)cc1F. The number of hydrogen-bond acceptors (Lipinski definition) is 2. The van der Waals surface area contributed by atoms with Crippen molar-refractivity contribution in [2.45, 2.75) is 6.10 Å². The number of ether oxygens (including phenoxy) is 1. The molecule has 5 heteroatoms. The van der Waals surface area contributed by atoms with E-state index in [-0.39, 0.29) is 17.2 Å². The van der Waals surface area contributed by atoms with Gasteiger partial charge in [-0.25, -0.2) is 8.78 Å². The normalized spacial score (nSPS) is 12.6. The summed E-state index contributed by atoms with van der Waals surface area (Å²) in [6.45, 7) is 0. The molecule has 0 aliphatic heterocycles. The van der Waals surface area contributed by atoms with E-state index in [1.165, 1.54) is 7.11 Å². The van der Waals surface area contributed by atoms with E-state index >= 15 is 0 Å². The second-order valence-electron chi connectivity index (χ2n) is 2.68. The highest BCUT2D eigenvalue weighted by Gasteiger charge is 2.16. The first-order valence-electron chi connectivity index (χ1n) is 3.87. The Bertz CT molecular complexity index is 331. The molecule has 1 aromatic carbocycles. The van der Waals surface area contributed by atoms with E-state index in [0.29, 0.717) is 0 Å². The van der Waals surface area contributed by atoms with Crippen molar-refractivity contribution < 1.29 is 18.6 Å². The number of aliphatic hydroxyl groups is 1. The van der Waals surface area contributed by atoms with Crippen molar-refractivity contribution in [3.05, 3.63) is 29.3 Å². The van der Waals surface area contributed by atoms with E-state index in [4.69, 9.17) is 11.6 Å². The van der Waals surface area contributed by atoms with Gasteiger partial charge >= 0.3 is 0 Å². The molecule has 14 heavy (non-hydrogen) atoms. The molecule has 0 aromatic heterocycles. The summed E-state index contributed by atoms with van der Waals surface area (Å²) in [6, 6.07) is 1.75. The fourth-order valence-electron chi connectivity index (χ4n) is 1.04. The van der Waals surface area contributed by atoms with Crippen LogP contribution in [0.4, 0.5) is 8.78 Å². The third-order valence-corrected chi connectivity index (χ3v) is 2.07.